The van der Waals surface area contributed by atoms with E-state index in [1.807, 2.05) is 36.4 Å². The normalized spacial score (nSPS) is 24.0. The zero-order chi connectivity index (χ0) is 17.9. The molecule has 0 aromatic heterocycles. The molecule has 2 atom stereocenters. The van der Waals surface area contributed by atoms with E-state index < -0.39 is 18.0 Å². The van der Waals surface area contributed by atoms with Crippen LogP contribution in [0.4, 0.5) is 13.2 Å². The van der Waals surface area contributed by atoms with Gasteiger partial charge >= 0.3 is 12.0 Å². The number of aryl methyl sites for hydroxylation is 1. The summed E-state index contributed by atoms with van der Waals surface area (Å²) < 4.78 is 45.0. The van der Waals surface area contributed by atoms with Gasteiger partial charge in [-0.15, -0.1) is 0 Å². The molecule has 1 aliphatic rings. The average Bonchev–Trinajstić information content (AvgIpc) is 2.62. The Bertz CT molecular complexity index is 731. The molecule has 0 aliphatic carbocycles. The molecule has 25 heavy (non-hydrogen) atoms. The van der Waals surface area contributed by atoms with Crippen LogP contribution in [0.15, 0.2) is 65.7 Å². The molecule has 1 aliphatic heterocycles. The zero-order valence-electron chi connectivity index (χ0n) is 13.4. The number of rotatable bonds is 4. The zero-order valence-corrected chi connectivity index (χ0v) is 13.4. The van der Waals surface area contributed by atoms with Crippen LogP contribution in [-0.4, -0.2) is 29.4 Å². The highest BCUT2D eigenvalue weighted by Gasteiger charge is 2.60. The van der Waals surface area contributed by atoms with Gasteiger partial charge in [0.05, 0.1) is 18.4 Å². The summed E-state index contributed by atoms with van der Waals surface area (Å²) in [6, 6.07) is 17.5. The van der Waals surface area contributed by atoms with Crippen molar-refractivity contribution in [2.24, 2.45) is 4.99 Å². The van der Waals surface area contributed by atoms with Gasteiger partial charge in [-0.05, 0) is 24.0 Å². The highest BCUT2D eigenvalue weighted by atomic mass is 19.4. The topological polar surface area (TPSA) is 41.8 Å². The molecule has 1 N–H and O–H groups in total. The van der Waals surface area contributed by atoms with E-state index in [9.17, 15) is 18.3 Å². The highest BCUT2D eigenvalue weighted by molar-refractivity contribution is 5.92. The summed E-state index contributed by atoms with van der Waals surface area (Å²) in [6.45, 7) is -0.325. The van der Waals surface area contributed by atoms with Crippen LogP contribution in [0.5, 0.6) is 0 Å². The Morgan fingerprint density at radius 2 is 1.60 bits per heavy atom. The molecule has 0 spiro atoms. The lowest BCUT2D eigenvalue weighted by Gasteiger charge is -2.36. The molecule has 0 fully saturated rings. The Hall–Kier alpha value is -2.18. The molecule has 0 bridgehead atoms. The van der Waals surface area contributed by atoms with E-state index in [1.54, 1.807) is 24.3 Å². The third-order valence-electron chi connectivity index (χ3n) is 4.21. The number of aliphatic hydroxyl groups is 1. The Morgan fingerprint density at radius 3 is 2.20 bits per heavy atom. The van der Waals surface area contributed by atoms with Crippen molar-refractivity contribution in [2.45, 2.75) is 30.8 Å². The number of hydrogen-bond donors (Lipinski definition) is 1. The van der Waals surface area contributed by atoms with E-state index in [0.29, 0.717) is 6.42 Å². The maximum Gasteiger partial charge on any atom is 0.449 e. The first-order chi connectivity index (χ1) is 11.9. The molecule has 0 saturated heterocycles. The second kappa shape index (κ2) is 6.98. The van der Waals surface area contributed by atoms with Gasteiger partial charge in [0.25, 0.3) is 0 Å². The summed E-state index contributed by atoms with van der Waals surface area (Å²) in [6.07, 6.45) is -4.64. The summed E-state index contributed by atoms with van der Waals surface area (Å²) in [4.78, 5) is 4.21. The van der Waals surface area contributed by atoms with Crippen molar-refractivity contribution in [2.75, 3.05) is 6.61 Å². The standard InChI is InChI=1S/C19H18F3NO2/c20-19(21,22)18(24)17(12-11-14-7-3-1-4-8-14)23-16(13-25-18)15-9-5-2-6-10-15/h1-10,16,24H,11-13H2/t16-,18+/m0/s1. The largest absolute Gasteiger partial charge is 0.449 e. The van der Waals surface area contributed by atoms with Crippen LogP contribution in [-0.2, 0) is 11.2 Å². The lowest BCUT2D eigenvalue weighted by atomic mass is 9.98. The van der Waals surface area contributed by atoms with Crippen LogP contribution in [0.1, 0.15) is 23.6 Å². The first kappa shape index (κ1) is 17.6. The summed E-state index contributed by atoms with van der Waals surface area (Å²) in [5.74, 6) is -3.33. The number of ether oxygens (including phenoxy) is 1. The number of nitrogens with zero attached hydrogens (tertiary/aromatic N) is 1. The minimum absolute atomic E-state index is 0.0383. The second-order valence-corrected chi connectivity index (χ2v) is 5.94. The van der Waals surface area contributed by atoms with Crippen molar-refractivity contribution < 1.29 is 23.0 Å². The monoisotopic (exact) mass is 349 g/mol. The van der Waals surface area contributed by atoms with Crippen LogP contribution < -0.4 is 0 Å². The summed E-state index contributed by atoms with van der Waals surface area (Å²) in [5, 5.41) is 10.1. The van der Waals surface area contributed by atoms with Crippen LogP contribution in [0.25, 0.3) is 0 Å². The van der Waals surface area contributed by atoms with Gasteiger partial charge in [-0.3, -0.25) is 4.99 Å². The van der Waals surface area contributed by atoms with Gasteiger partial charge in [0.2, 0.25) is 0 Å². The van der Waals surface area contributed by atoms with E-state index in [0.717, 1.165) is 11.1 Å². The quantitative estimate of drug-likeness (QED) is 0.904. The van der Waals surface area contributed by atoms with Crippen molar-refractivity contribution in [1.82, 2.24) is 0 Å². The lowest BCUT2D eigenvalue weighted by molar-refractivity contribution is -0.334. The summed E-state index contributed by atoms with van der Waals surface area (Å²) in [7, 11) is 0. The molecule has 0 amide bonds. The number of aliphatic imine (C=N–C) groups is 1. The van der Waals surface area contributed by atoms with Gasteiger partial charge < -0.3 is 9.84 Å². The van der Waals surface area contributed by atoms with Crippen molar-refractivity contribution in [3.05, 3.63) is 71.8 Å². The van der Waals surface area contributed by atoms with E-state index in [2.05, 4.69) is 4.99 Å². The van der Waals surface area contributed by atoms with E-state index in [4.69, 9.17) is 4.74 Å². The second-order valence-electron chi connectivity index (χ2n) is 5.94. The number of alkyl halides is 3. The Morgan fingerprint density at radius 1 is 1.00 bits per heavy atom. The van der Waals surface area contributed by atoms with Crippen LogP contribution >= 0.6 is 0 Å². The minimum atomic E-state index is -4.94. The SMILES string of the molecule is O[C@@]1(C(F)(F)F)OC[C@@H](c2ccccc2)N=C1CCc1ccccc1. The van der Waals surface area contributed by atoms with Gasteiger partial charge in [0.1, 0.15) is 0 Å². The fraction of sp³-hybridized carbons (Fsp3) is 0.316. The third kappa shape index (κ3) is 3.75. The summed E-state index contributed by atoms with van der Waals surface area (Å²) >= 11 is 0. The number of halogens is 3. The fourth-order valence-corrected chi connectivity index (χ4v) is 2.83. The molecule has 6 heteroatoms. The Kier molecular flexibility index (Phi) is 4.92. The predicted octanol–water partition coefficient (Wildman–Crippen LogP) is 4.08. The average molecular weight is 349 g/mol. The van der Waals surface area contributed by atoms with Crippen LogP contribution in [0.3, 0.4) is 0 Å². The van der Waals surface area contributed by atoms with Gasteiger partial charge in [-0.2, -0.15) is 13.2 Å². The highest BCUT2D eigenvalue weighted by Crippen LogP contribution is 2.39. The smallest absolute Gasteiger partial charge is 0.354 e. The number of hydrogen-bond acceptors (Lipinski definition) is 3. The molecular weight excluding hydrogens is 331 g/mol. The van der Waals surface area contributed by atoms with Crippen molar-refractivity contribution in [3.8, 4) is 0 Å². The molecule has 2 aromatic carbocycles. The molecule has 0 unspecified atom stereocenters. The van der Waals surface area contributed by atoms with Gasteiger partial charge in [-0.1, -0.05) is 60.7 Å². The van der Waals surface area contributed by atoms with E-state index in [1.165, 1.54) is 0 Å². The van der Waals surface area contributed by atoms with Gasteiger partial charge in [0, 0.05) is 0 Å². The third-order valence-corrected chi connectivity index (χ3v) is 4.21. The lowest BCUT2D eigenvalue weighted by Crippen LogP contribution is -2.56. The van der Waals surface area contributed by atoms with Crippen LogP contribution in [0, 0.1) is 0 Å². The molecule has 132 valence electrons. The summed E-state index contributed by atoms with van der Waals surface area (Å²) in [5.41, 5.74) is 1.24. The minimum Gasteiger partial charge on any atom is -0.354 e. The predicted molar refractivity (Wildman–Crippen MR) is 88.3 cm³/mol. The molecule has 1 heterocycles. The van der Waals surface area contributed by atoms with E-state index >= 15 is 0 Å². The van der Waals surface area contributed by atoms with Crippen LogP contribution in [0.2, 0.25) is 0 Å². The Balaban J connectivity index is 1.89. The first-order valence-corrected chi connectivity index (χ1v) is 7.99. The van der Waals surface area contributed by atoms with Crippen molar-refractivity contribution in [3.63, 3.8) is 0 Å². The molecule has 3 rings (SSSR count). The number of benzene rings is 2. The molecule has 2 aromatic rings. The maximum atomic E-state index is 13.4. The molecule has 0 radical (unpaired) electrons. The van der Waals surface area contributed by atoms with Crippen molar-refractivity contribution >= 4 is 5.71 Å². The first-order valence-electron chi connectivity index (χ1n) is 7.99. The molecule has 0 saturated carbocycles. The molecule has 3 nitrogen and oxygen atoms in total. The Labute approximate surface area is 143 Å². The van der Waals surface area contributed by atoms with E-state index in [-0.39, 0.29) is 18.7 Å². The van der Waals surface area contributed by atoms with Crippen molar-refractivity contribution in [1.29, 1.82) is 0 Å². The fourth-order valence-electron chi connectivity index (χ4n) is 2.83. The van der Waals surface area contributed by atoms with Gasteiger partial charge in [-0.25, -0.2) is 0 Å². The molecular formula is C19H18F3NO2. The maximum absolute atomic E-state index is 13.4. The van der Waals surface area contributed by atoms with Gasteiger partial charge in [0.15, 0.2) is 0 Å².